The lowest BCUT2D eigenvalue weighted by atomic mass is 10.0. The molecule has 3 rings (SSSR count). The molecule has 26 heavy (non-hydrogen) atoms. The van der Waals surface area contributed by atoms with Crippen LogP contribution in [0, 0.1) is 0 Å². The Morgan fingerprint density at radius 3 is 2.73 bits per heavy atom. The second-order valence-corrected chi connectivity index (χ2v) is 9.27. The number of alkyl halides is 2. The molecule has 3 heterocycles. The molecule has 0 saturated carbocycles. The summed E-state index contributed by atoms with van der Waals surface area (Å²) in [7, 11) is -3.63. The average molecular weight is 410 g/mol. The van der Waals surface area contributed by atoms with Crippen LogP contribution in [0.3, 0.4) is 0 Å². The maximum Gasteiger partial charge on any atom is 0.416 e. The number of piperidine rings is 1. The Balaban J connectivity index is 1.75. The third-order valence-electron chi connectivity index (χ3n) is 4.54. The van der Waals surface area contributed by atoms with E-state index in [1.807, 2.05) is 0 Å². The van der Waals surface area contributed by atoms with Gasteiger partial charge in [-0.1, -0.05) is 11.6 Å². The van der Waals surface area contributed by atoms with Crippen LogP contribution >= 0.6 is 11.6 Å². The van der Waals surface area contributed by atoms with E-state index in [2.05, 4.69) is 4.98 Å². The molecule has 0 radical (unpaired) electrons. The number of hydrogen-bond donors (Lipinski definition) is 0. The number of hydrogen-bond acceptors (Lipinski definition) is 5. The molecule has 1 aromatic heterocycles. The number of likely N-dealkylation sites (tertiary alicyclic amines) is 1. The Kier molecular flexibility index (Phi) is 5.11. The summed E-state index contributed by atoms with van der Waals surface area (Å²) < 4.78 is 59.1. The number of rotatable bonds is 2. The molecule has 0 N–H and O–H groups in total. The van der Waals surface area contributed by atoms with E-state index < -0.39 is 46.3 Å². The fourth-order valence-corrected chi connectivity index (χ4v) is 5.08. The summed E-state index contributed by atoms with van der Waals surface area (Å²) in [6, 6.07) is 1.80. The first-order chi connectivity index (χ1) is 12.1. The van der Waals surface area contributed by atoms with Gasteiger partial charge in [0.1, 0.15) is 0 Å². The SMILES string of the molecule is C[C@@H]1CCN(C2CN(C(=O)Oc3ccc(Cl)cn3)CC(F)(F)C2)S1(=O)=O. The van der Waals surface area contributed by atoms with Crippen molar-refractivity contribution in [2.45, 2.75) is 37.0 Å². The number of carbonyl (C=O) groups excluding carboxylic acids is 1. The van der Waals surface area contributed by atoms with E-state index in [1.165, 1.54) is 18.3 Å². The third-order valence-corrected chi connectivity index (χ3v) is 7.15. The van der Waals surface area contributed by atoms with Crippen molar-refractivity contribution in [1.82, 2.24) is 14.2 Å². The normalized spacial score (nSPS) is 28.1. The van der Waals surface area contributed by atoms with Gasteiger partial charge < -0.3 is 9.64 Å². The highest BCUT2D eigenvalue weighted by molar-refractivity contribution is 7.90. The number of ether oxygens (including phenoxy) is 1. The fourth-order valence-electron chi connectivity index (χ4n) is 3.19. The van der Waals surface area contributed by atoms with Gasteiger partial charge in [0.05, 0.1) is 16.8 Å². The highest BCUT2D eigenvalue weighted by Gasteiger charge is 2.49. The van der Waals surface area contributed by atoms with Crippen molar-refractivity contribution in [2.24, 2.45) is 0 Å². The van der Waals surface area contributed by atoms with Gasteiger partial charge in [0.15, 0.2) is 0 Å². The Hall–Kier alpha value is -1.52. The molecule has 144 valence electrons. The monoisotopic (exact) mass is 409 g/mol. The minimum atomic E-state index is -3.63. The quantitative estimate of drug-likeness (QED) is 0.749. The van der Waals surface area contributed by atoms with Crippen molar-refractivity contribution in [3.8, 4) is 5.88 Å². The molecular weight excluding hydrogens is 392 g/mol. The number of nitrogens with zero attached hydrogens (tertiary/aromatic N) is 3. The van der Waals surface area contributed by atoms with Gasteiger partial charge in [0.25, 0.3) is 5.92 Å². The Bertz CT molecular complexity index is 791. The molecule has 2 aliphatic rings. The first-order valence-electron chi connectivity index (χ1n) is 8.05. The molecule has 0 aromatic carbocycles. The number of sulfonamides is 1. The maximum absolute atomic E-state index is 14.2. The van der Waals surface area contributed by atoms with Crippen molar-refractivity contribution in [3.63, 3.8) is 0 Å². The van der Waals surface area contributed by atoms with E-state index >= 15 is 0 Å². The lowest BCUT2D eigenvalue weighted by Gasteiger charge is -2.39. The zero-order chi connectivity index (χ0) is 19.1. The van der Waals surface area contributed by atoms with Crippen LogP contribution in [0.15, 0.2) is 18.3 Å². The highest BCUT2D eigenvalue weighted by atomic mass is 35.5. The number of aromatic nitrogens is 1. The second kappa shape index (κ2) is 6.90. The van der Waals surface area contributed by atoms with Crippen LogP contribution in [0.1, 0.15) is 19.8 Å². The van der Waals surface area contributed by atoms with E-state index in [-0.39, 0.29) is 19.0 Å². The molecule has 0 aliphatic carbocycles. The zero-order valence-electron chi connectivity index (χ0n) is 13.9. The molecule has 2 saturated heterocycles. The summed E-state index contributed by atoms with van der Waals surface area (Å²) >= 11 is 5.69. The lowest BCUT2D eigenvalue weighted by Crippen LogP contribution is -2.57. The molecule has 11 heteroatoms. The topological polar surface area (TPSA) is 79.8 Å². The summed E-state index contributed by atoms with van der Waals surface area (Å²) in [6.07, 6.45) is 0.00962. The van der Waals surface area contributed by atoms with Gasteiger partial charge in [-0.2, -0.15) is 4.31 Å². The van der Waals surface area contributed by atoms with Crippen molar-refractivity contribution >= 4 is 27.7 Å². The van der Waals surface area contributed by atoms with E-state index in [1.54, 1.807) is 6.92 Å². The van der Waals surface area contributed by atoms with Crippen molar-refractivity contribution in [2.75, 3.05) is 19.6 Å². The van der Waals surface area contributed by atoms with Crippen LogP contribution in [-0.2, 0) is 10.0 Å². The Morgan fingerprint density at radius 2 is 2.15 bits per heavy atom. The molecule has 2 atom stereocenters. The first kappa shape index (κ1) is 19.2. The van der Waals surface area contributed by atoms with Gasteiger partial charge in [-0.25, -0.2) is 27.0 Å². The molecule has 1 amide bonds. The van der Waals surface area contributed by atoms with Crippen LogP contribution < -0.4 is 4.74 Å². The number of amides is 1. The summed E-state index contributed by atoms with van der Waals surface area (Å²) in [5.74, 6) is -3.29. The van der Waals surface area contributed by atoms with Crippen molar-refractivity contribution in [1.29, 1.82) is 0 Å². The van der Waals surface area contributed by atoms with Crippen LogP contribution in [0.5, 0.6) is 5.88 Å². The van der Waals surface area contributed by atoms with E-state index in [0.29, 0.717) is 11.4 Å². The molecule has 2 aliphatic heterocycles. The molecule has 2 fully saturated rings. The molecule has 7 nitrogen and oxygen atoms in total. The summed E-state index contributed by atoms with van der Waals surface area (Å²) in [5, 5.41) is -0.278. The molecule has 1 aromatic rings. The van der Waals surface area contributed by atoms with Gasteiger partial charge in [-0.05, 0) is 19.4 Å². The molecule has 1 unspecified atom stereocenters. The maximum atomic E-state index is 14.2. The fraction of sp³-hybridized carbons (Fsp3) is 0.600. The number of carbonyl (C=O) groups is 1. The first-order valence-corrected chi connectivity index (χ1v) is 9.93. The standard InChI is InChI=1S/C15H18ClF2N3O4S/c1-10-4-5-21(26(10,23)24)12-6-15(17,18)9-20(8-12)14(22)25-13-3-2-11(16)7-19-13/h2-3,7,10,12H,4-6,8-9H2,1H3/t10-,12?/m1/s1. The smallest absolute Gasteiger partial charge is 0.391 e. The van der Waals surface area contributed by atoms with Gasteiger partial charge in [0, 0.05) is 37.8 Å². The van der Waals surface area contributed by atoms with E-state index in [4.69, 9.17) is 16.3 Å². The lowest BCUT2D eigenvalue weighted by molar-refractivity contribution is -0.0761. The zero-order valence-corrected chi connectivity index (χ0v) is 15.5. The predicted octanol–water partition coefficient (Wildman–Crippen LogP) is 2.37. The Morgan fingerprint density at radius 1 is 1.42 bits per heavy atom. The molecule has 0 spiro atoms. The van der Waals surface area contributed by atoms with Gasteiger partial charge >= 0.3 is 6.09 Å². The molecular formula is C15H18ClF2N3O4S. The highest BCUT2D eigenvalue weighted by Crippen LogP contribution is 2.34. The average Bonchev–Trinajstić information content (AvgIpc) is 2.81. The van der Waals surface area contributed by atoms with Gasteiger partial charge in [0.2, 0.25) is 15.9 Å². The van der Waals surface area contributed by atoms with Crippen molar-refractivity contribution in [3.05, 3.63) is 23.4 Å². The largest absolute Gasteiger partial charge is 0.416 e. The molecule has 0 bridgehead atoms. The number of pyridine rings is 1. The summed E-state index contributed by atoms with van der Waals surface area (Å²) in [6.45, 7) is 0.730. The predicted molar refractivity (Wildman–Crippen MR) is 89.9 cm³/mol. The van der Waals surface area contributed by atoms with Crippen LogP contribution in [0.2, 0.25) is 5.02 Å². The van der Waals surface area contributed by atoms with Gasteiger partial charge in [-0.3, -0.25) is 0 Å². The summed E-state index contributed by atoms with van der Waals surface area (Å²) in [5.41, 5.74) is 0. The minimum absolute atomic E-state index is 0.0766. The van der Waals surface area contributed by atoms with Gasteiger partial charge in [-0.15, -0.1) is 0 Å². The minimum Gasteiger partial charge on any atom is -0.391 e. The van der Waals surface area contributed by atoms with Crippen LogP contribution in [0.25, 0.3) is 0 Å². The third kappa shape index (κ3) is 3.91. The van der Waals surface area contributed by atoms with Crippen molar-refractivity contribution < 1.29 is 26.7 Å². The van der Waals surface area contributed by atoms with E-state index in [9.17, 15) is 22.0 Å². The Labute approximate surface area is 154 Å². The van der Waals surface area contributed by atoms with Crippen LogP contribution in [-0.4, -0.2) is 65.5 Å². The second-order valence-electron chi connectivity index (χ2n) is 6.53. The van der Waals surface area contributed by atoms with E-state index in [0.717, 1.165) is 9.21 Å². The number of halogens is 3. The summed E-state index contributed by atoms with van der Waals surface area (Å²) in [4.78, 5) is 16.9. The van der Waals surface area contributed by atoms with Crippen LogP contribution in [0.4, 0.5) is 13.6 Å².